The van der Waals surface area contributed by atoms with E-state index in [-0.39, 0.29) is 0 Å². The second-order valence-corrected chi connectivity index (χ2v) is 5.81. The second kappa shape index (κ2) is 5.26. The number of benzene rings is 1. The van der Waals surface area contributed by atoms with Gasteiger partial charge in [-0.25, -0.2) is 0 Å². The lowest BCUT2D eigenvalue weighted by molar-refractivity contribution is 0.415. The SMILES string of the molecule is COc1ccc(-c2c(-c3sccc3C)nn(C)c2N)cc1. The number of hydrogen-bond acceptors (Lipinski definition) is 4. The predicted octanol–water partition coefficient (Wildman–Crippen LogP) is 3.71. The van der Waals surface area contributed by atoms with Crippen molar-refractivity contribution in [2.24, 2.45) is 7.05 Å². The number of hydrogen-bond donors (Lipinski definition) is 1. The molecule has 108 valence electrons. The summed E-state index contributed by atoms with van der Waals surface area (Å²) in [4.78, 5) is 1.16. The van der Waals surface area contributed by atoms with E-state index in [1.165, 1.54) is 5.56 Å². The molecule has 0 radical (unpaired) electrons. The van der Waals surface area contributed by atoms with E-state index in [1.807, 2.05) is 31.3 Å². The molecule has 5 heteroatoms. The first-order valence-electron chi connectivity index (χ1n) is 6.63. The Morgan fingerprint density at radius 1 is 1.19 bits per heavy atom. The Morgan fingerprint density at radius 2 is 1.90 bits per heavy atom. The lowest BCUT2D eigenvalue weighted by Gasteiger charge is -2.05. The molecule has 3 rings (SSSR count). The Balaban J connectivity index is 2.19. The smallest absolute Gasteiger partial charge is 0.129 e. The Labute approximate surface area is 127 Å². The largest absolute Gasteiger partial charge is 0.497 e. The van der Waals surface area contributed by atoms with Gasteiger partial charge in [-0.15, -0.1) is 11.3 Å². The van der Waals surface area contributed by atoms with Gasteiger partial charge in [-0.05, 0) is 41.6 Å². The summed E-state index contributed by atoms with van der Waals surface area (Å²) < 4.78 is 6.94. The number of nitrogens with zero attached hydrogens (tertiary/aromatic N) is 2. The highest BCUT2D eigenvalue weighted by Gasteiger charge is 2.19. The summed E-state index contributed by atoms with van der Waals surface area (Å²) in [6.07, 6.45) is 0. The number of aromatic nitrogens is 2. The molecule has 0 aliphatic carbocycles. The number of methoxy groups -OCH3 is 1. The van der Waals surface area contributed by atoms with Gasteiger partial charge >= 0.3 is 0 Å². The minimum atomic E-state index is 0.669. The summed E-state index contributed by atoms with van der Waals surface area (Å²) in [5.74, 6) is 1.50. The third kappa shape index (κ3) is 2.29. The number of nitrogen functional groups attached to an aromatic ring is 1. The molecule has 0 saturated carbocycles. The molecule has 3 aromatic rings. The van der Waals surface area contributed by atoms with Gasteiger partial charge in [-0.3, -0.25) is 4.68 Å². The maximum atomic E-state index is 6.24. The van der Waals surface area contributed by atoms with Crippen LogP contribution in [0.4, 0.5) is 5.82 Å². The highest BCUT2D eigenvalue weighted by molar-refractivity contribution is 7.13. The van der Waals surface area contributed by atoms with Crippen LogP contribution in [-0.2, 0) is 7.05 Å². The summed E-state index contributed by atoms with van der Waals surface area (Å²) in [7, 11) is 3.53. The molecule has 2 heterocycles. The molecular formula is C16H17N3OS. The molecule has 0 aliphatic rings. The quantitative estimate of drug-likeness (QED) is 0.802. The maximum Gasteiger partial charge on any atom is 0.129 e. The lowest BCUT2D eigenvalue weighted by atomic mass is 10.0. The van der Waals surface area contributed by atoms with E-state index in [0.717, 1.165) is 27.4 Å². The van der Waals surface area contributed by atoms with E-state index in [2.05, 4.69) is 23.5 Å². The van der Waals surface area contributed by atoms with Gasteiger partial charge in [0, 0.05) is 7.05 Å². The summed E-state index contributed by atoms with van der Waals surface area (Å²) in [6, 6.07) is 10.00. The van der Waals surface area contributed by atoms with Crippen LogP contribution in [0.25, 0.3) is 21.7 Å². The van der Waals surface area contributed by atoms with Gasteiger partial charge in [0.05, 0.1) is 17.6 Å². The van der Waals surface area contributed by atoms with E-state index in [9.17, 15) is 0 Å². The minimum Gasteiger partial charge on any atom is -0.497 e. The Kier molecular flexibility index (Phi) is 3.43. The average Bonchev–Trinajstić information content (AvgIpc) is 3.04. The van der Waals surface area contributed by atoms with Gasteiger partial charge in [0.2, 0.25) is 0 Å². The topological polar surface area (TPSA) is 53.1 Å². The zero-order chi connectivity index (χ0) is 15.0. The maximum absolute atomic E-state index is 6.24. The number of aryl methyl sites for hydroxylation is 2. The zero-order valence-electron chi connectivity index (χ0n) is 12.3. The van der Waals surface area contributed by atoms with Gasteiger partial charge in [0.1, 0.15) is 17.3 Å². The Hall–Kier alpha value is -2.27. The van der Waals surface area contributed by atoms with Crippen molar-refractivity contribution in [3.63, 3.8) is 0 Å². The van der Waals surface area contributed by atoms with Crippen molar-refractivity contribution < 1.29 is 4.74 Å². The van der Waals surface area contributed by atoms with Gasteiger partial charge in [-0.2, -0.15) is 5.10 Å². The second-order valence-electron chi connectivity index (χ2n) is 4.89. The average molecular weight is 299 g/mol. The molecule has 0 bridgehead atoms. The van der Waals surface area contributed by atoms with Gasteiger partial charge < -0.3 is 10.5 Å². The molecule has 21 heavy (non-hydrogen) atoms. The first kappa shape index (κ1) is 13.7. The lowest BCUT2D eigenvalue weighted by Crippen LogP contribution is -1.98. The monoisotopic (exact) mass is 299 g/mol. The Bertz CT molecular complexity index is 771. The number of anilines is 1. The third-order valence-corrected chi connectivity index (χ3v) is 4.57. The summed E-state index contributed by atoms with van der Waals surface area (Å²) in [5, 5.41) is 6.68. The first-order valence-corrected chi connectivity index (χ1v) is 7.51. The van der Waals surface area contributed by atoms with Crippen molar-refractivity contribution in [3.05, 3.63) is 41.3 Å². The zero-order valence-corrected chi connectivity index (χ0v) is 13.1. The van der Waals surface area contributed by atoms with E-state index in [4.69, 9.17) is 10.5 Å². The number of rotatable bonds is 3. The molecule has 2 N–H and O–H groups in total. The summed E-state index contributed by atoms with van der Waals surface area (Å²) in [5.41, 5.74) is 10.4. The molecule has 0 spiro atoms. The van der Waals surface area contributed by atoms with Crippen molar-refractivity contribution in [3.8, 4) is 27.4 Å². The van der Waals surface area contributed by atoms with E-state index >= 15 is 0 Å². The molecule has 2 aromatic heterocycles. The van der Waals surface area contributed by atoms with Crippen molar-refractivity contribution in [2.75, 3.05) is 12.8 Å². The van der Waals surface area contributed by atoms with E-state index < -0.39 is 0 Å². The number of ether oxygens (including phenoxy) is 1. The fourth-order valence-corrected chi connectivity index (χ4v) is 3.27. The van der Waals surface area contributed by atoms with Gasteiger partial charge in [0.25, 0.3) is 0 Å². The standard InChI is InChI=1S/C16H17N3OS/c1-10-8-9-21-15(10)14-13(16(17)19(2)18-14)11-4-6-12(20-3)7-5-11/h4-9H,17H2,1-3H3. The fourth-order valence-electron chi connectivity index (χ4n) is 2.35. The minimum absolute atomic E-state index is 0.669. The highest BCUT2D eigenvalue weighted by Crippen LogP contribution is 2.39. The van der Waals surface area contributed by atoms with Crippen LogP contribution in [0.5, 0.6) is 5.75 Å². The molecule has 0 fully saturated rings. The molecule has 0 amide bonds. The van der Waals surface area contributed by atoms with E-state index in [1.54, 1.807) is 23.1 Å². The molecule has 4 nitrogen and oxygen atoms in total. The van der Waals surface area contributed by atoms with Crippen molar-refractivity contribution in [1.29, 1.82) is 0 Å². The van der Waals surface area contributed by atoms with Crippen LogP contribution < -0.4 is 10.5 Å². The molecule has 0 atom stereocenters. The van der Waals surface area contributed by atoms with Crippen LogP contribution in [0.3, 0.4) is 0 Å². The third-order valence-electron chi connectivity index (χ3n) is 3.55. The normalized spacial score (nSPS) is 10.8. The molecule has 1 aromatic carbocycles. The van der Waals surface area contributed by atoms with Crippen LogP contribution in [0.2, 0.25) is 0 Å². The molecule has 0 aliphatic heterocycles. The van der Waals surface area contributed by atoms with Crippen LogP contribution in [0.15, 0.2) is 35.7 Å². The number of thiophene rings is 1. The van der Waals surface area contributed by atoms with Crippen LogP contribution in [0.1, 0.15) is 5.56 Å². The number of nitrogens with two attached hydrogens (primary N) is 1. The Morgan fingerprint density at radius 3 is 2.48 bits per heavy atom. The summed E-state index contributed by atoms with van der Waals surface area (Å²) >= 11 is 1.69. The molecule has 0 unspecified atom stereocenters. The van der Waals surface area contributed by atoms with Crippen molar-refractivity contribution in [2.45, 2.75) is 6.92 Å². The summed E-state index contributed by atoms with van der Waals surface area (Å²) in [6.45, 7) is 2.09. The molecule has 0 saturated heterocycles. The van der Waals surface area contributed by atoms with Gasteiger partial charge in [0.15, 0.2) is 0 Å². The van der Waals surface area contributed by atoms with Crippen LogP contribution >= 0.6 is 11.3 Å². The van der Waals surface area contributed by atoms with E-state index in [0.29, 0.717) is 5.82 Å². The van der Waals surface area contributed by atoms with Crippen molar-refractivity contribution >= 4 is 17.2 Å². The van der Waals surface area contributed by atoms with Crippen molar-refractivity contribution in [1.82, 2.24) is 9.78 Å². The predicted molar refractivity (Wildman–Crippen MR) is 87.7 cm³/mol. The first-order chi connectivity index (χ1) is 10.1. The molecular weight excluding hydrogens is 282 g/mol. The van der Waals surface area contributed by atoms with Gasteiger partial charge in [-0.1, -0.05) is 12.1 Å². The highest BCUT2D eigenvalue weighted by atomic mass is 32.1. The van der Waals surface area contributed by atoms with Crippen LogP contribution in [0, 0.1) is 6.92 Å². The van der Waals surface area contributed by atoms with Crippen LogP contribution in [-0.4, -0.2) is 16.9 Å². The fraction of sp³-hybridized carbons (Fsp3) is 0.188.